The van der Waals surface area contributed by atoms with Crippen LogP contribution in [-0.4, -0.2) is 10.9 Å². The number of furan rings is 1. The standard InChI is InChI=1S/C28H29ClN2O3/c1-16-12-20-21(28(4,5)11-10-27(20,2)3)14-17(16)13-19-7-9-24(33-19)25(32)31-26-30-22-15-18(29)6-8-23(22)34-26/h6-9,12,14-15H,10-11,13H2,1-5H3,(H,30,31,32). The number of aryl methyl sites for hydroxylation is 1. The summed E-state index contributed by atoms with van der Waals surface area (Å²) in [7, 11) is 0. The Morgan fingerprint density at radius 3 is 2.44 bits per heavy atom. The number of benzene rings is 2. The molecule has 0 aliphatic heterocycles. The first kappa shape index (κ1) is 22.7. The maximum atomic E-state index is 12.7. The van der Waals surface area contributed by atoms with Crippen LogP contribution in [0.25, 0.3) is 11.1 Å². The summed E-state index contributed by atoms with van der Waals surface area (Å²) in [5.41, 5.74) is 6.80. The van der Waals surface area contributed by atoms with E-state index in [4.69, 9.17) is 20.4 Å². The summed E-state index contributed by atoms with van der Waals surface area (Å²) in [6.07, 6.45) is 2.99. The van der Waals surface area contributed by atoms with Crippen molar-refractivity contribution in [3.63, 3.8) is 0 Å². The molecule has 0 bridgehead atoms. The highest BCUT2D eigenvalue weighted by Crippen LogP contribution is 2.46. The zero-order valence-corrected chi connectivity index (χ0v) is 21.0. The molecule has 1 N–H and O–H groups in total. The van der Waals surface area contributed by atoms with Crippen molar-refractivity contribution < 1.29 is 13.6 Å². The molecule has 5 nitrogen and oxygen atoms in total. The number of aromatic nitrogens is 1. The molecule has 5 rings (SSSR count). The van der Waals surface area contributed by atoms with Crippen LogP contribution in [0.5, 0.6) is 0 Å². The van der Waals surface area contributed by atoms with Crippen molar-refractivity contribution in [1.82, 2.24) is 4.98 Å². The molecule has 34 heavy (non-hydrogen) atoms. The molecule has 2 aromatic heterocycles. The molecule has 2 heterocycles. The Bertz CT molecular complexity index is 1410. The van der Waals surface area contributed by atoms with E-state index in [2.05, 4.69) is 57.1 Å². The topological polar surface area (TPSA) is 68.3 Å². The zero-order valence-electron chi connectivity index (χ0n) is 20.2. The smallest absolute Gasteiger partial charge is 0.302 e. The lowest BCUT2D eigenvalue weighted by molar-refractivity contribution is 0.0992. The molecular formula is C28H29ClN2O3. The Morgan fingerprint density at radius 2 is 1.71 bits per heavy atom. The first-order valence-corrected chi connectivity index (χ1v) is 12.0. The van der Waals surface area contributed by atoms with Crippen LogP contribution >= 0.6 is 11.6 Å². The third-order valence-electron chi connectivity index (χ3n) is 7.13. The van der Waals surface area contributed by atoms with Crippen LogP contribution in [0.4, 0.5) is 6.01 Å². The molecule has 4 aromatic rings. The minimum Gasteiger partial charge on any atom is -0.456 e. The number of nitrogens with zero attached hydrogens (tertiary/aromatic N) is 1. The number of nitrogens with one attached hydrogen (secondary N) is 1. The Labute approximate surface area is 204 Å². The van der Waals surface area contributed by atoms with Gasteiger partial charge in [0.15, 0.2) is 11.3 Å². The molecule has 1 aliphatic rings. The molecule has 0 fully saturated rings. The Kier molecular flexibility index (Phi) is 5.36. The zero-order chi connectivity index (χ0) is 24.3. The number of halogens is 1. The first-order valence-electron chi connectivity index (χ1n) is 11.6. The average molecular weight is 477 g/mol. The molecule has 0 spiro atoms. The van der Waals surface area contributed by atoms with Crippen LogP contribution in [0.3, 0.4) is 0 Å². The molecule has 0 atom stereocenters. The predicted octanol–water partition coefficient (Wildman–Crippen LogP) is 7.57. The fourth-order valence-electron chi connectivity index (χ4n) is 4.85. The van der Waals surface area contributed by atoms with Crippen LogP contribution in [0, 0.1) is 6.92 Å². The van der Waals surface area contributed by atoms with Crippen LogP contribution < -0.4 is 5.32 Å². The van der Waals surface area contributed by atoms with E-state index in [9.17, 15) is 4.79 Å². The van der Waals surface area contributed by atoms with Crippen molar-refractivity contribution in [1.29, 1.82) is 0 Å². The van der Waals surface area contributed by atoms with E-state index in [1.54, 1.807) is 24.3 Å². The molecule has 1 amide bonds. The van der Waals surface area contributed by atoms with Gasteiger partial charge in [-0.1, -0.05) is 51.4 Å². The van der Waals surface area contributed by atoms with Gasteiger partial charge in [-0.05, 0) is 83.2 Å². The van der Waals surface area contributed by atoms with E-state index in [-0.39, 0.29) is 22.6 Å². The fraction of sp³-hybridized carbons (Fsp3) is 0.357. The minimum atomic E-state index is -0.408. The number of hydrogen-bond acceptors (Lipinski definition) is 4. The minimum absolute atomic E-state index is 0.107. The van der Waals surface area contributed by atoms with Crippen molar-refractivity contribution in [2.24, 2.45) is 0 Å². The van der Waals surface area contributed by atoms with Crippen molar-refractivity contribution in [2.75, 3.05) is 5.32 Å². The van der Waals surface area contributed by atoms with E-state index in [1.807, 2.05) is 6.07 Å². The summed E-state index contributed by atoms with van der Waals surface area (Å²) < 4.78 is 11.5. The lowest BCUT2D eigenvalue weighted by atomic mass is 9.62. The SMILES string of the molecule is Cc1cc2c(cc1Cc1ccc(C(=O)Nc3nc4cc(Cl)ccc4o3)o1)C(C)(C)CCC2(C)C. The van der Waals surface area contributed by atoms with Gasteiger partial charge in [0.25, 0.3) is 5.91 Å². The van der Waals surface area contributed by atoms with Crippen molar-refractivity contribution in [2.45, 2.75) is 64.7 Å². The van der Waals surface area contributed by atoms with Gasteiger partial charge in [0.2, 0.25) is 0 Å². The van der Waals surface area contributed by atoms with Crippen LogP contribution in [0.1, 0.15) is 79.1 Å². The number of anilines is 1. The lowest BCUT2D eigenvalue weighted by Gasteiger charge is -2.42. The second kappa shape index (κ2) is 8.02. The van der Waals surface area contributed by atoms with Gasteiger partial charge in [0, 0.05) is 11.4 Å². The quantitative estimate of drug-likeness (QED) is 0.329. The van der Waals surface area contributed by atoms with Gasteiger partial charge in [-0.3, -0.25) is 10.1 Å². The summed E-state index contributed by atoms with van der Waals surface area (Å²) in [5.74, 6) is 0.548. The maximum Gasteiger partial charge on any atom is 0.302 e. The van der Waals surface area contributed by atoms with Crippen LogP contribution in [0.2, 0.25) is 5.02 Å². The number of oxazole rings is 1. The molecule has 0 unspecified atom stereocenters. The number of carbonyl (C=O) groups excluding carboxylic acids is 1. The third-order valence-corrected chi connectivity index (χ3v) is 7.36. The summed E-state index contributed by atoms with van der Waals surface area (Å²) in [4.78, 5) is 17.0. The predicted molar refractivity (Wildman–Crippen MR) is 135 cm³/mol. The number of fused-ring (bicyclic) bond motifs is 2. The second-order valence-corrected chi connectivity index (χ2v) is 11.1. The van der Waals surface area contributed by atoms with Crippen LogP contribution in [0.15, 0.2) is 51.3 Å². The summed E-state index contributed by atoms with van der Waals surface area (Å²) >= 11 is 5.99. The highest BCUT2D eigenvalue weighted by atomic mass is 35.5. The Hall–Kier alpha value is -3.05. The van der Waals surface area contributed by atoms with Crippen molar-refractivity contribution >= 4 is 34.6 Å². The average Bonchev–Trinajstić information content (AvgIpc) is 3.39. The Balaban J connectivity index is 1.36. The summed E-state index contributed by atoms with van der Waals surface area (Å²) in [6.45, 7) is 11.5. The van der Waals surface area contributed by atoms with Crippen LogP contribution in [-0.2, 0) is 17.3 Å². The summed E-state index contributed by atoms with van der Waals surface area (Å²) in [6, 6.07) is 13.5. The Morgan fingerprint density at radius 1 is 1.00 bits per heavy atom. The van der Waals surface area contributed by atoms with E-state index >= 15 is 0 Å². The molecular weight excluding hydrogens is 448 g/mol. The molecule has 0 saturated carbocycles. The molecule has 0 radical (unpaired) electrons. The maximum absolute atomic E-state index is 12.7. The lowest BCUT2D eigenvalue weighted by Crippen LogP contribution is -2.34. The normalized spacial score (nSPS) is 16.4. The highest BCUT2D eigenvalue weighted by molar-refractivity contribution is 6.31. The van der Waals surface area contributed by atoms with Gasteiger partial charge in [0.05, 0.1) is 0 Å². The van der Waals surface area contributed by atoms with Gasteiger partial charge < -0.3 is 8.83 Å². The second-order valence-electron chi connectivity index (χ2n) is 10.6. The molecule has 6 heteroatoms. The fourth-order valence-corrected chi connectivity index (χ4v) is 5.02. The van der Waals surface area contributed by atoms with Gasteiger partial charge in [-0.25, -0.2) is 0 Å². The highest BCUT2D eigenvalue weighted by Gasteiger charge is 2.37. The monoisotopic (exact) mass is 476 g/mol. The number of rotatable bonds is 4. The van der Waals surface area contributed by atoms with Gasteiger partial charge in [-0.2, -0.15) is 4.98 Å². The van der Waals surface area contributed by atoms with E-state index in [1.165, 1.54) is 35.1 Å². The van der Waals surface area contributed by atoms with Crippen molar-refractivity contribution in [3.8, 4) is 0 Å². The summed E-state index contributed by atoms with van der Waals surface area (Å²) in [5, 5.41) is 3.22. The molecule has 2 aromatic carbocycles. The van der Waals surface area contributed by atoms with Gasteiger partial charge in [0.1, 0.15) is 11.3 Å². The van der Waals surface area contributed by atoms with E-state index in [0.29, 0.717) is 22.5 Å². The van der Waals surface area contributed by atoms with E-state index < -0.39 is 5.91 Å². The molecule has 176 valence electrons. The van der Waals surface area contributed by atoms with Gasteiger partial charge >= 0.3 is 6.01 Å². The molecule has 1 aliphatic carbocycles. The third kappa shape index (κ3) is 4.14. The largest absolute Gasteiger partial charge is 0.456 e. The van der Waals surface area contributed by atoms with Crippen molar-refractivity contribution in [3.05, 3.63) is 81.3 Å². The first-order chi connectivity index (χ1) is 16.0. The van der Waals surface area contributed by atoms with Gasteiger partial charge in [-0.15, -0.1) is 0 Å². The number of amides is 1. The van der Waals surface area contributed by atoms with E-state index in [0.717, 1.165) is 5.76 Å². The molecule has 0 saturated heterocycles. The number of hydrogen-bond donors (Lipinski definition) is 1. The number of carbonyl (C=O) groups is 1.